The van der Waals surface area contributed by atoms with Crippen molar-refractivity contribution in [2.24, 2.45) is 0 Å². The Morgan fingerprint density at radius 2 is 2.00 bits per heavy atom. The Bertz CT molecular complexity index is 713. The maximum Gasteiger partial charge on any atom is 0.267 e. The zero-order chi connectivity index (χ0) is 21.2. The van der Waals surface area contributed by atoms with Crippen LogP contribution in [0.2, 0.25) is 0 Å². The van der Waals surface area contributed by atoms with Crippen LogP contribution in [0.3, 0.4) is 0 Å². The fourth-order valence-electron chi connectivity index (χ4n) is 3.53. The predicted octanol–water partition coefficient (Wildman–Crippen LogP) is 2.31. The molecule has 2 fully saturated rings. The minimum atomic E-state index is -0.400. The monoisotopic (exact) mass is 417 g/mol. The molecule has 1 aliphatic carbocycles. The number of ether oxygens (including phenoxy) is 1. The molecule has 0 bridgehead atoms. The molecule has 2 aliphatic rings. The number of carbonyl (C=O) groups is 2. The highest BCUT2D eigenvalue weighted by molar-refractivity contribution is 5.90. The number of rotatable bonds is 9. The van der Waals surface area contributed by atoms with Crippen molar-refractivity contribution in [1.29, 1.82) is 0 Å². The van der Waals surface area contributed by atoms with E-state index in [9.17, 15) is 9.59 Å². The molecule has 30 heavy (non-hydrogen) atoms. The van der Waals surface area contributed by atoms with Crippen LogP contribution in [-0.4, -0.2) is 46.8 Å². The lowest BCUT2D eigenvalue weighted by Crippen LogP contribution is -2.43. The Morgan fingerprint density at radius 1 is 1.20 bits per heavy atom. The molecule has 164 valence electrons. The summed E-state index contributed by atoms with van der Waals surface area (Å²) in [5.41, 5.74) is 2.88. The standard InChI is InChI=1S/C21H31N5O4/c1-2-17(21(28)24-15-7-3-4-8-15)25-18-14-22-16(13-23-18)10-11-19(27)26-30-20-9-5-6-12-29-20/h10-11,13-15,17,20H,2-9,12H2,1H3,(H,23,25)(H,24,28)(H,26,27)/b11-10+/t17-,20?/m1/s1. The molecule has 2 atom stereocenters. The number of amides is 2. The van der Waals surface area contributed by atoms with Gasteiger partial charge in [0.1, 0.15) is 11.9 Å². The molecule has 0 radical (unpaired) electrons. The first kappa shape index (κ1) is 22.2. The lowest BCUT2D eigenvalue weighted by molar-refractivity contribution is -0.198. The van der Waals surface area contributed by atoms with Crippen LogP contribution < -0.4 is 16.1 Å². The third-order valence-electron chi connectivity index (χ3n) is 5.25. The second kappa shape index (κ2) is 11.6. The highest BCUT2D eigenvalue weighted by Crippen LogP contribution is 2.18. The zero-order valence-electron chi connectivity index (χ0n) is 17.4. The fraction of sp³-hybridized carbons (Fsp3) is 0.619. The molecule has 1 aromatic heterocycles. The van der Waals surface area contributed by atoms with Gasteiger partial charge in [-0.05, 0) is 38.2 Å². The topological polar surface area (TPSA) is 114 Å². The van der Waals surface area contributed by atoms with E-state index >= 15 is 0 Å². The van der Waals surface area contributed by atoms with E-state index in [-0.39, 0.29) is 18.0 Å². The van der Waals surface area contributed by atoms with E-state index < -0.39 is 12.2 Å². The van der Waals surface area contributed by atoms with Crippen molar-refractivity contribution in [3.8, 4) is 0 Å². The van der Waals surface area contributed by atoms with Crippen molar-refractivity contribution >= 4 is 23.7 Å². The molecule has 2 heterocycles. The van der Waals surface area contributed by atoms with Gasteiger partial charge in [-0.2, -0.15) is 0 Å². The quantitative estimate of drug-likeness (QED) is 0.417. The second-order valence-corrected chi connectivity index (χ2v) is 7.64. The SMILES string of the molecule is CC[C@@H](Nc1cnc(/C=C/C(=O)NOC2CCCCO2)cn1)C(=O)NC1CCCC1. The van der Waals surface area contributed by atoms with Crippen molar-refractivity contribution in [3.63, 3.8) is 0 Å². The van der Waals surface area contributed by atoms with Gasteiger partial charge in [0.2, 0.25) is 5.91 Å². The molecular weight excluding hydrogens is 386 g/mol. The van der Waals surface area contributed by atoms with Crippen molar-refractivity contribution in [2.45, 2.75) is 76.7 Å². The number of hydroxylamine groups is 1. The summed E-state index contributed by atoms with van der Waals surface area (Å²) in [6.07, 6.45) is 13.5. The highest BCUT2D eigenvalue weighted by Gasteiger charge is 2.22. The van der Waals surface area contributed by atoms with E-state index in [0.29, 0.717) is 24.5 Å². The Kier molecular flexibility index (Phi) is 8.58. The molecule has 0 spiro atoms. The first-order valence-electron chi connectivity index (χ1n) is 10.8. The van der Waals surface area contributed by atoms with Crippen LogP contribution >= 0.6 is 0 Å². The highest BCUT2D eigenvalue weighted by atomic mass is 16.8. The van der Waals surface area contributed by atoms with Gasteiger partial charge in [0, 0.05) is 25.1 Å². The van der Waals surface area contributed by atoms with Gasteiger partial charge in [-0.1, -0.05) is 19.8 Å². The third kappa shape index (κ3) is 7.07. The van der Waals surface area contributed by atoms with Crippen LogP contribution in [0.25, 0.3) is 6.08 Å². The normalized spacial score (nSPS) is 20.8. The van der Waals surface area contributed by atoms with Gasteiger partial charge in [-0.3, -0.25) is 14.6 Å². The van der Waals surface area contributed by atoms with Crippen molar-refractivity contribution in [3.05, 3.63) is 24.2 Å². The molecule has 1 aliphatic heterocycles. The van der Waals surface area contributed by atoms with E-state index in [1.807, 2.05) is 6.92 Å². The van der Waals surface area contributed by atoms with E-state index in [4.69, 9.17) is 9.57 Å². The van der Waals surface area contributed by atoms with E-state index in [1.54, 1.807) is 18.5 Å². The molecule has 1 unspecified atom stereocenters. The lowest BCUT2D eigenvalue weighted by atomic mass is 10.1. The van der Waals surface area contributed by atoms with Gasteiger partial charge < -0.3 is 15.4 Å². The number of aromatic nitrogens is 2. The second-order valence-electron chi connectivity index (χ2n) is 7.64. The largest absolute Gasteiger partial charge is 0.357 e. The number of hydrogen-bond donors (Lipinski definition) is 3. The van der Waals surface area contributed by atoms with E-state index in [0.717, 1.165) is 32.1 Å². The molecule has 0 aromatic carbocycles. The van der Waals surface area contributed by atoms with Crippen LogP contribution in [0.15, 0.2) is 18.5 Å². The summed E-state index contributed by atoms with van der Waals surface area (Å²) in [7, 11) is 0. The molecular formula is C21H31N5O4. The maximum absolute atomic E-state index is 12.5. The first-order chi connectivity index (χ1) is 14.6. The number of anilines is 1. The zero-order valence-corrected chi connectivity index (χ0v) is 17.4. The van der Waals surface area contributed by atoms with Gasteiger partial charge in [0.05, 0.1) is 18.1 Å². The number of carbonyl (C=O) groups excluding carboxylic acids is 2. The smallest absolute Gasteiger partial charge is 0.267 e. The predicted molar refractivity (Wildman–Crippen MR) is 112 cm³/mol. The summed E-state index contributed by atoms with van der Waals surface area (Å²) in [4.78, 5) is 38.1. The van der Waals surface area contributed by atoms with Gasteiger partial charge in [0.25, 0.3) is 5.91 Å². The van der Waals surface area contributed by atoms with Gasteiger partial charge in [0.15, 0.2) is 6.29 Å². The average Bonchev–Trinajstić information content (AvgIpc) is 3.29. The number of nitrogens with one attached hydrogen (secondary N) is 3. The summed E-state index contributed by atoms with van der Waals surface area (Å²) in [6.45, 7) is 2.60. The Hall–Kier alpha value is -2.52. The number of nitrogens with zero attached hydrogens (tertiary/aromatic N) is 2. The van der Waals surface area contributed by atoms with Crippen LogP contribution in [0.4, 0.5) is 5.82 Å². The van der Waals surface area contributed by atoms with Crippen molar-refractivity contribution in [1.82, 2.24) is 20.8 Å². The molecule has 2 amide bonds. The third-order valence-corrected chi connectivity index (χ3v) is 5.25. The summed E-state index contributed by atoms with van der Waals surface area (Å²) in [5, 5.41) is 6.23. The average molecular weight is 418 g/mol. The van der Waals surface area contributed by atoms with E-state index in [1.165, 1.54) is 18.9 Å². The van der Waals surface area contributed by atoms with Gasteiger partial charge in [-0.25, -0.2) is 15.3 Å². The van der Waals surface area contributed by atoms with Crippen LogP contribution in [0, 0.1) is 0 Å². The van der Waals surface area contributed by atoms with Crippen LogP contribution in [-0.2, 0) is 19.2 Å². The molecule has 9 heteroatoms. The maximum atomic E-state index is 12.5. The summed E-state index contributed by atoms with van der Waals surface area (Å²) in [5.74, 6) is 0.111. The first-order valence-corrected chi connectivity index (χ1v) is 10.8. The minimum absolute atomic E-state index is 0.00575. The molecule has 1 saturated heterocycles. The molecule has 3 rings (SSSR count). The van der Waals surface area contributed by atoms with E-state index in [2.05, 4.69) is 26.1 Å². The lowest BCUT2D eigenvalue weighted by Gasteiger charge is -2.21. The van der Waals surface area contributed by atoms with Crippen molar-refractivity contribution in [2.75, 3.05) is 11.9 Å². The van der Waals surface area contributed by atoms with Crippen LogP contribution in [0.1, 0.15) is 64.0 Å². The summed E-state index contributed by atoms with van der Waals surface area (Å²) >= 11 is 0. The van der Waals surface area contributed by atoms with Gasteiger partial charge in [-0.15, -0.1) is 0 Å². The van der Waals surface area contributed by atoms with Crippen molar-refractivity contribution < 1.29 is 19.2 Å². The summed E-state index contributed by atoms with van der Waals surface area (Å²) < 4.78 is 5.38. The van der Waals surface area contributed by atoms with Gasteiger partial charge >= 0.3 is 0 Å². The van der Waals surface area contributed by atoms with Crippen LogP contribution in [0.5, 0.6) is 0 Å². The Balaban J connectivity index is 1.44. The molecule has 3 N–H and O–H groups in total. The minimum Gasteiger partial charge on any atom is -0.357 e. The molecule has 9 nitrogen and oxygen atoms in total. The molecule has 1 aromatic rings. The Morgan fingerprint density at radius 3 is 2.67 bits per heavy atom. The fourth-order valence-corrected chi connectivity index (χ4v) is 3.53. The molecule has 1 saturated carbocycles. The summed E-state index contributed by atoms with van der Waals surface area (Å²) in [6, 6.07) is -0.0713. The number of hydrogen-bond acceptors (Lipinski definition) is 7. The Labute approximate surface area is 177 Å².